The van der Waals surface area contributed by atoms with Gasteiger partial charge >= 0.3 is 0 Å². The number of aliphatic hydroxyl groups is 1. The number of ether oxygens (including phenoxy) is 1. The van der Waals surface area contributed by atoms with Crippen LogP contribution in [0.2, 0.25) is 0 Å². The average molecular weight is 484 g/mol. The number of carbonyl (C=O) groups excluding carboxylic acids is 2. The fourth-order valence-electron chi connectivity index (χ4n) is 6.67. The Morgan fingerprint density at radius 1 is 1.17 bits per heavy atom. The van der Waals surface area contributed by atoms with Crippen molar-refractivity contribution in [1.82, 2.24) is 4.90 Å². The monoisotopic (exact) mass is 483 g/mol. The summed E-state index contributed by atoms with van der Waals surface area (Å²) in [5.41, 5.74) is 3.59. The zero-order valence-electron chi connectivity index (χ0n) is 20.2. The van der Waals surface area contributed by atoms with Crippen LogP contribution in [0.25, 0.3) is 6.08 Å². The van der Waals surface area contributed by atoms with E-state index in [-0.39, 0.29) is 54.1 Å². The Morgan fingerprint density at radius 3 is 2.66 bits per heavy atom. The highest BCUT2D eigenvalue weighted by Crippen LogP contribution is 2.50. The molecule has 2 N–H and O–H groups in total. The first kappa shape index (κ1) is 24.2. The third-order valence-corrected chi connectivity index (χ3v) is 8.36. The highest BCUT2D eigenvalue weighted by atomic mass is 19.1. The Balaban J connectivity index is 1.31. The first-order valence-electron chi connectivity index (χ1n) is 12.9. The van der Waals surface area contributed by atoms with Crippen LogP contribution in [0.3, 0.4) is 0 Å². The normalized spacial score (nSPS) is 29.7. The second-order valence-corrected chi connectivity index (χ2v) is 10.6. The van der Waals surface area contributed by atoms with E-state index < -0.39 is 5.82 Å². The van der Waals surface area contributed by atoms with Crippen molar-refractivity contribution in [2.75, 3.05) is 13.2 Å². The molecule has 2 amide bonds. The van der Waals surface area contributed by atoms with E-state index in [4.69, 9.17) is 4.74 Å². The summed E-state index contributed by atoms with van der Waals surface area (Å²) >= 11 is 0. The van der Waals surface area contributed by atoms with Crippen molar-refractivity contribution >= 4 is 17.9 Å². The van der Waals surface area contributed by atoms with Gasteiger partial charge in [-0.3, -0.25) is 14.5 Å². The molecular formula is C28H34FNO5. The van der Waals surface area contributed by atoms with Crippen molar-refractivity contribution in [2.24, 2.45) is 17.8 Å². The quantitative estimate of drug-likeness (QED) is 0.464. The first-order chi connectivity index (χ1) is 16.9. The number of phenolic OH excluding ortho intramolecular Hbond substituents is 1. The largest absolute Gasteiger partial charge is 0.505 e. The summed E-state index contributed by atoms with van der Waals surface area (Å²) in [6, 6.07) is 4.33. The minimum Gasteiger partial charge on any atom is -0.505 e. The molecule has 1 saturated carbocycles. The van der Waals surface area contributed by atoms with E-state index in [1.165, 1.54) is 12.1 Å². The van der Waals surface area contributed by atoms with Gasteiger partial charge in [0.2, 0.25) is 11.8 Å². The molecule has 4 atom stereocenters. The number of allylic oxidation sites excluding steroid dienone is 1. The van der Waals surface area contributed by atoms with E-state index in [1.54, 1.807) is 11.0 Å². The molecule has 0 radical (unpaired) electrons. The van der Waals surface area contributed by atoms with Gasteiger partial charge in [0, 0.05) is 12.0 Å². The molecule has 2 heterocycles. The molecule has 7 heteroatoms. The Bertz CT molecular complexity index is 1070. The minimum absolute atomic E-state index is 0.0195. The maximum Gasteiger partial charge on any atom is 0.234 e. The van der Waals surface area contributed by atoms with Crippen LogP contribution < -0.4 is 0 Å². The fourth-order valence-corrected chi connectivity index (χ4v) is 6.67. The number of rotatable bonds is 6. The third kappa shape index (κ3) is 4.45. The van der Waals surface area contributed by atoms with Crippen molar-refractivity contribution in [3.05, 3.63) is 46.3 Å². The zero-order chi connectivity index (χ0) is 24.7. The number of hydrogen-bond acceptors (Lipinski definition) is 5. The molecule has 1 aromatic carbocycles. The van der Waals surface area contributed by atoms with Crippen LogP contribution in [0.5, 0.6) is 5.75 Å². The number of fused-ring (bicyclic) bond motifs is 3. The topological polar surface area (TPSA) is 87.1 Å². The molecule has 2 aliphatic heterocycles. The fraction of sp³-hybridized carbons (Fsp3) is 0.571. The highest BCUT2D eigenvalue weighted by Gasteiger charge is 2.58. The summed E-state index contributed by atoms with van der Waals surface area (Å²) in [6.45, 7) is 2.24. The van der Waals surface area contributed by atoms with Gasteiger partial charge in [-0.25, -0.2) is 4.39 Å². The van der Waals surface area contributed by atoms with E-state index >= 15 is 0 Å². The van der Waals surface area contributed by atoms with Gasteiger partial charge in [0.15, 0.2) is 11.6 Å². The summed E-state index contributed by atoms with van der Waals surface area (Å²) in [5.74, 6) is -2.03. The van der Waals surface area contributed by atoms with E-state index in [9.17, 15) is 24.2 Å². The summed E-state index contributed by atoms with van der Waals surface area (Å²) in [4.78, 5) is 28.4. The number of imide groups is 1. The van der Waals surface area contributed by atoms with Gasteiger partial charge in [0.1, 0.15) is 0 Å². The van der Waals surface area contributed by atoms with E-state index in [0.29, 0.717) is 31.4 Å². The smallest absolute Gasteiger partial charge is 0.234 e. The Hall–Kier alpha value is -2.51. The molecule has 6 nitrogen and oxygen atoms in total. The highest BCUT2D eigenvalue weighted by molar-refractivity contribution is 6.06. The molecule has 2 aliphatic carbocycles. The number of carbonyl (C=O) groups is 2. The number of hydrogen-bond donors (Lipinski definition) is 2. The summed E-state index contributed by atoms with van der Waals surface area (Å²) < 4.78 is 19.8. The van der Waals surface area contributed by atoms with Crippen molar-refractivity contribution < 1.29 is 28.9 Å². The Kier molecular flexibility index (Phi) is 6.82. The van der Waals surface area contributed by atoms with Gasteiger partial charge in [-0.05, 0) is 67.9 Å². The molecular weight excluding hydrogens is 449 g/mol. The Morgan fingerprint density at radius 2 is 1.94 bits per heavy atom. The molecule has 1 aromatic rings. The van der Waals surface area contributed by atoms with Gasteiger partial charge in [0.25, 0.3) is 0 Å². The lowest BCUT2D eigenvalue weighted by atomic mass is 9.69. The lowest BCUT2D eigenvalue weighted by Gasteiger charge is -2.31. The van der Waals surface area contributed by atoms with Crippen LogP contribution >= 0.6 is 0 Å². The number of nitrogens with zero attached hydrogens (tertiary/aromatic N) is 1. The standard InChI is InChI=1S/C28H34FNO5/c1-16(11-17-8-9-23(32)22(29)12-17)7-10-24-25-18(14-31)13-20-26(21(25)15-35-24)28(34)30(27(20)33)19-5-3-2-4-6-19/h8-9,11-12,19-21,24,26,31-32H,2-7,10,13-15H2,1H3/b16-11+/t20-,21+,24-,26-/m1/s1. The predicted octanol–water partition coefficient (Wildman–Crippen LogP) is 4.36. The van der Waals surface area contributed by atoms with Crippen molar-refractivity contribution in [1.29, 1.82) is 0 Å². The molecule has 188 valence electrons. The second kappa shape index (κ2) is 9.86. The Labute approximate surface area is 205 Å². The van der Waals surface area contributed by atoms with E-state index in [0.717, 1.165) is 48.8 Å². The number of phenols is 1. The van der Waals surface area contributed by atoms with Gasteiger partial charge < -0.3 is 14.9 Å². The van der Waals surface area contributed by atoms with Crippen LogP contribution in [0, 0.1) is 23.6 Å². The van der Waals surface area contributed by atoms with Crippen molar-refractivity contribution in [3.63, 3.8) is 0 Å². The number of halogens is 1. The summed E-state index contributed by atoms with van der Waals surface area (Å²) in [6.07, 6.45) is 8.57. The first-order valence-corrected chi connectivity index (χ1v) is 12.9. The van der Waals surface area contributed by atoms with Crippen molar-refractivity contribution in [2.45, 2.75) is 70.4 Å². The number of aromatic hydroxyl groups is 1. The maximum atomic E-state index is 13.7. The second-order valence-electron chi connectivity index (χ2n) is 10.6. The third-order valence-electron chi connectivity index (χ3n) is 8.36. The maximum absolute atomic E-state index is 13.7. The van der Waals surface area contributed by atoms with E-state index in [2.05, 4.69) is 0 Å². The number of likely N-dealkylation sites (tertiary alicyclic amines) is 1. The van der Waals surface area contributed by atoms with Crippen LogP contribution in [-0.4, -0.2) is 52.3 Å². The van der Waals surface area contributed by atoms with Crippen LogP contribution in [0.1, 0.15) is 63.9 Å². The van der Waals surface area contributed by atoms with Crippen LogP contribution in [0.15, 0.2) is 34.9 Å². The molecule has 3 fully saturated rings. The lowest BCUT2D eigenvalue weighted by Crippen LogP contribution is -2.42. The van der Waals surface area contributed by atoms with Crippen LogP contribution in [-0.2, 0) is 14.3 Å². The molecule has 2 saturated heterocycles. The van der Waals surface area contributed by atoms with Crippen molar-refractivity contribution in [3.8, 4) is 5.75 Å². The SMILES string of the molecule is C/C(=C\c1ccc(O)c(F)c1)CC[C@H]1OC[C@H]2C1=C(CO)C[C@H]1C(=O)N(C3CCCCC3)C(=O)[C@H]12. The number of aliphatic hydroxyl groups excluding tert-OH is 1. The molecule has 5 rings (SSSR count). The van der Waals surface area contributed by atoms with Gasteiger partial charge in [-0.2, -0.15) is 0 Å². The molecule has 0 unspecified atom stereocenters. The molecule has 0 spiro atoms. The van der Waals surface area contributed by atoms with E-state index in [1.807, 2.05) is 13.0 Å². The lowest BCUT2D eigenvalue weighted by molar-refractivity contribution is -0.143. The van der Waals surface area contributed by atoms with Gasteiger partial charge in [0.05, 0.1) is 31.2 Å². The predicted molar refractivity (Wildman–Crippen MR) is 129 cm³/mol. The molecule has 4 aliphatic rings. The minimum atomic E-state index is -0.652. The summed E-state index contributed by atoms with van der Waals surface area (Å²) in [5, 5.41) is 19.6. The molecule has 35 heavy (non-hydrogen) atoms. The van der Waals surface area contributed by atoms with Gasteiger partial charge in [-0.1, -0.05) is 37.0 Å². The molecule has 0 aromatic heterocycles. The number of benzene rings is 1. The van der Waals surface area contributed by atoms with Gasteiger partial charge in [-0.15, -0.1) is 0 Å². The average Bonchev–Trinajstić information content (AvgIpc) is 3.38. The van der Waals surface area contributed by atoms with Crippen LogP contribution in [0.4, 0.5) is 4.39 Å². The molecule has 0 bridgehead atoms. The zero-order valence-corrected chi connectivity index (χ0v) is 20.2. The number of amides is 2. The summed E-state index contributed by atoms with van der Waals surface area (Å²) in [7, 11) is 0.